The van der Waals surface area contributed by atoms with E-state index in [1.165, 1.54) is 12.3 Å². The van der Waals surface area contributed by atoms with Gasteiger partial charge in [0.05, 0.1) is 23.6 Å². The van der Waals surface area contributed by atoms with Crippen molar-refractivity contribution in [3.8, 4) is 0 Å². The van der Waals surface area contributed by atoms with Gasteiger partial charge in [-0.2, -0.15) is 0 Å². The largest absolute Gasteiger partial charge is 0.398 e. The number of nitrogen functional groups attached to an aromatic ring is 1. The van der Waals surface area contributed by atoms with Gasteiger partial charge in [-0.05, 0) is 18.2 Å². The van der Waals surface area contributed by atoms with Gasteiger partial charge in [0.1, 0.15) is 11.6 Å². The van der Waals surface area contributed by atoms with Crippen LogP contribution in [0.1, 0.15) is 10.4 Å². The van der Waals surface area contributed by atoms with Crippen LogP contribution in [0.4, 0.5) is 20.2 Å². The maximum absolute atomic E-state index is 12.9. The summed E-state index contributed by atoms with van der Waals surface area (Å²) in [5.41, 5.74) is 5.84. The summed E-state index contributed by atoms with van der Waals surface area (Å²) in [6.45, 7) is 0. The van der Waals surface area contributed by atoms with E-state index in [4.69, 9.17) is 5.73 Å². The molecule has 1 aromatic carbocycles. The molecule has 0 aliphatic rings. The van der Waals surface area contributed by atoms with Crippen LogP contribution in [-0.2, 0) is 0 Å². The van der Waals surface area contributed by atoms with Crippen LogP contribution in [-0.4, -0.2) is 10.9 Å². The van der Waals surface area contributed by atoms with Gasteiger partial charge in [-0.15, -0.1) is 0 Å². The number of amides is 1. The normalized spacial score (nSPS) is 10.1. The van der Waals surface area contributed by atoms with Gasteiger partial charge in [0, 0.05) is 11.8 Å². The molecule has 0 saturated carbocycles. The minimum absolute atomic E-state index is 0.0110. The third-order valence-corrected chi connectivity index (χ3v) is 2.22. The standard InChI is InChI=1S/C12H9F2N3O/c13-7-1-2-10(11(15)4-7)12(18)17-9-3-8(14)5-16-6-9/h1-6H,15H2,(H,17,18). The van der Waals surface area contributed by atoms with E-state index in [2.05, 4.69) is 10.3 Å². The van der Waals surface area contributed by atoms with Gasteiger partial charge in [0.25, 0.3) is 5.91 Å². The molecule has 0 radical (unpaired) electrons. The van der Waals surface area contributed by atoms with Crippen molar-refractivity contribution in [3.63, 3.8) is 0 Å². The van der Waals surface area contributed by atoms with Crippen LogP contribution < -0.4 is 11.1 Å². The zero-order chi connectivity index (χ0) is 13.1. The van der Waals surface area contributed by atoms with Gasteiger partial charge in [-0.3, -0.25) is 9.78 Å². The number of rotatable bonds is 2. The number of carbonyl (C=O) groups excluding carboxylic acids is 1. The van der Waals surface area contributed by atoms with Crippen molar-refractivity contribution in [2.24, 2.45) is 0 Å². The summed E-state index contributed by atoms with van der Waals surface area (Å²) in [4.78, 5) is 15.4. The highest BCUT2D eigenvalue weighted by molar-refractivity contribution is 6.07. The van der Waals surface area contributed by atoms with E-state index in [1.807, 2.05) is 0 Å². The molecule has 6 heteroatoms. The lowest BCUT2D eigenvalue weighted by atomic mass is 10.1. The number of benzene rings is 1. The van der Waals surface area contributed by atoms with Crippen molar-refractivity contribution in [2.75, 3.05) is 11.1 Å². The van der Waals surface area contributed by atoms with Gasteiger partial charge < -0.3 is 11.1 Å². The van der Waals surface area contributed by atoms with Gasteiger partial charge >= 0.3 is 0 Å². The predicted octanol–water partition coefficient (Wildman–Crippen LogP) is 2.19. The fourth-order valence-corrected chi connectivity index (χ4v) is 1.42. The Morgan fingerprint density at radius 3 is 2.61 bits per heavy atom. The molecule has 18 heavy (non-hydrogen) atoms. The average Bonchev–Trinajstić information content (AvgIpc) is 2.28. The van der Waals surface area contributed by atoms with Crippen molar-refractivity contribution < 1.29 is 13.6 Å². The number of hydrogen-bond acceptors (Lipinski definition) is 3. The highest BCUT2D eigenvalue weighted by Gasteiger charge is 2.11. The molecule has 1 heterocycles. The molecule has 2 aromatic rings. The summed E-state index contributed by atoms with van der Waals surface area (Å²) >= 11 is 0. The topological polar surface area (TPSA) is 68.0 Å². The summed E-state index contributed by atoms with van der Waals surface area (Å²) in [6, 6.07) is 4.53. The van der Waals surface area contributed by atoms with E-state index in [9.17, 15) is 13.6 Å². The summed E-state index contributed by atoms with van der Waals surface area (Å²) in [7, 11) is 0. The van der Waals surface area contributed by atoms with E-state index < -0.39 is 17.5 Å². The highest BCUT2D eigenvalue weighted by atomic mass is 19.1. The second-order valence-electron chi connectivity index (χ2n) is 3.58. The van der Waals surface area contributed by atoms with E-state index in [0.29, 0.717) is 0 Å². The molecule has 0 fully saturated rings. The Morgan fingerprint density at radius 1 is 1.17 bits per heavy atom. The molecule has 92 valence electrons. The first kappa shape index (κ1) is 12.0. The number of carbonyl (C=O) groups is 1. The fourth-order valence-electron chi connectivity index (χ4n) is 1.42. The van der Waals surface area contributed by atoms with Crippen LogP contribution in [0.15, 0.2) is 36.7 Å². The van der Waals surface area contributed by atoms with Gasteiger partial charge in [-0.25, -0.2) is 8.78 Å². The van der Waals surface area contributed by atoms with Crippen molar-refractivity contribution in [3.05, 3.63) is 53.9 Å². The first-order chi connectivity index (χ1) is 8.56. The van der Waals surface area contributed by atoms with Crippen LogP contribution in [0.3, 0.4) is 0 Å². The lowest BCUT2D eigenvalue weighted by Gasteiger charge is -2.07. The highest BCUT2D eigenvalue weighted by Crippen LogP contribution is 2.16. The minimum Gasteiger partial charge on any atom is -0.398 e. The first-order valence-electron chi connectivity index (χ1n) is 5.03. The molecule has 0 bridgehead atoms. The van der Waals surface area contributed by atoms with Gasteiger partial charge in [-0.1, -0.05) is 0 Å². The monoisotopic (exact) mass is 249 g/mol. The average molecular weight is 249 g/mol. The Balaban J connectivity index is 2.22. The zero-order valence-electron chi connectivity index (χ0n) is 9.15. The van der Waals surface area contributed by atoms with Crippen LogP contribution in [0.25, 0.3) is 0 Å². The molecule has 3 N–H and O–H groups in total. The number of anilines is 2. The minimum atomic E-state index is -0.570. The number of nitrogens with two attached hydrogens (primary N) is 1. The lowest BCUT2D eigenvalue weighted by molar-refractivity contribution is 0.102. The number of aromatic nitrogens is 1. The van der Waals surface area contributed by atoms with Crippen molar-refractivity contribution in [1.29, 1.82) is 0 Å². The van der Waals surface area contributed by atoms with E-state index >= 15 is 0 Å². The molecule has 4 nitrogen and oxygen atoms in total. The van der Waals surface area contributed by atoms with Crippen molar-refractivity contribution >= 4 is 17.3 Å². The number of pyridine rings is 1. The third-order valence-electron chi connectivity index (χ3n) is 2.22. The molecule has 1 aromatic heterocycles. The quantitative estimate of drug-likeness (QED) is 0.801. The second kappa shape index (κ2) is 4.79. The summed E-state index contributed by atoms with van der Waals surface area (Å²) < 4.78 is 25.7. The molecule has 0 aliphatic heterocycles. The second-order valence-corrected chi connectivity index (χ2v) is 3.58. The molecule has 0 spiro atoms. The third kappa shape index (κ3) is 2.60. The maximum atomic E-state index is 12.9. The van der Waals surface area contributed by atoms with E-state index in [-0.39, 0.29) is 16.9 Å². The zero-order valence-corrected chi connectivity index (χ0v) is 9.15. The smallest absolute Gasteiger partial charge is 0.257 e. The van der Waals surface area contributed by atoms with E-state index in [0.717, 1.165) is 24.4 Å². The Hall–Kier alpha value is -2.50. The molecule has 0 saturated heterocycles. The Morgan fingerprint density at radius 2 is 1.94 bits per heavy atom. The van der Waals surface area contributed by atoms with Gasteiger partial charge in [0.15, 0.2) is 0 Å². The Bertz CT molecular complexity index is 602. The fraction of sp³-hybridized carbons (Fsp3) is 0. The Labute approximate surface area is 101 Å². The predicted molar refractivity (Wildman–Crippen MR) is 63.0 cm³/mol. The maximum Gasteiger partial charge on any atom is 0.257 e. The molecule has 0 unspecified atom stereocenters. The van der Waals surface area contributed by atoms with Gasteiger partial charge in [0.2, 0.25) is 0 Å². The number of hydrogen-bond donors (Lipinski definition) is 2. The molecule has 1 amide bonds. The Kier molecular flexibility index (Phi) is 3.18. The molecule has 0 atom stereocenters. The number of nitrogens with one attached hydrogen (secondary N) is 1. The lowest BCUT2D eigenvalue weighted by Crippen LogP contribution is -2.14. The van der Waals surface area contributed by atoms with Crippen LogP contribution in [0.2, 0.25) is 0 Å². The van der Waals surface area contributed by atoms with E-state index in [1.54, 1.807) is 0 Å². The molecule has 2 rings (SSSR count). The van der Waals surface area contributed by atoms with Crippen LogP contribution >= 0.6 is 0 Å². The van der Waals surface area contributed by atoms with Crippen molar-refractivity contribution in [1.82, 2.24) is 4.98 Å². The van der Waals surface area contributed by atoms with Crippen molar-refractivity contribution in [2.45, 2.75) is 0 Å². The SMILES string of the molecule is Nc1cc(F)ccc1C(=O)Nc1cncc(F)c1. The van der Waals surface area contributed by atoms with Crippen LogP contribution in [0, 0.1) is 11.6 Å². The van der Waals surface area contributed by atoms with Crippen LogP contribution in [0.5, 0.6) is 0 Å². The summed E-state index contributed by atoms with van der Waals surface area (Å²) in [5, 5.41) is 2.42. The molecular weight excluding hydrogens is 240 g/mol. The molecule has 0 aliphatic carbocycles. The number of nitrogens with zero attached hydrogens (tertiary/aromatic N) is 1. The number of halogens is 2. The first-order valence-corrected chi connectivity index (χ1v) is 5.03. The summed E-state index contributed by atoms with van der Waals surface area (Å²) in [5.74, 6) is -1.66. The molecular formula is C12H9F2N3O. The summed E-state index contributed by atoms with van der Waals surface area (Å²) in [6.07, 6.45) is 2.31.